The molecule has 9 nitrogen and oxygen atoms in total. The van der Waals surface area contributed by atoms with E-state index in [-0.39, 0.29) is 29.0 Å². The van der Waals surface area contributed by atoms with Crippen LogP contribution in [0.2, 0.25) is 0 Å². The number of anilines is 1. The van der Waals surface area contributed by atoms with Gasteiger partial charge in [-0.15, -0.1) is 11.3 Å². The average Bonchev–Trinajstić information content (AvgIpc) is 3.25. The van der Waals surface area contributed by atoms with Gasteiger partial charge in [-0.25, -0.2) is 13.2 Å². The quantitative estimate of drug-likeness (QED) is 0.524. The number of sulfonamides is 1. The maximum Gasteiger partial charge on any atom is 0.341 e. The molecule has 1 unspecified atom stereocenters. The van der Waals surface area contributed by atoms with Gasteiger partial charge in [-0.05, 0) is 62.4 Å². The van der Waals surface area contributed by atoms with Crippen LogP contribution in [0.1, 0.15) is 77.6 Å². The lowest BCUT2D eigenvalue weighted by molar-refractivity contribution is -0.129. The summed E-state index contributed by atoms with van der Waals surface area (Å²) in [5.74, 6) is -1.02. The Balaban J connectivity index is 1.57. The van der Waals surface area contributed by atoms with Crippen molar-refractivity contribution in [1.82, 2.24) is 9.21 Å². The Bertz CT molecular complexity index is 1290. The van der Waals surface area contributed by atoms with Gasteiger partial charge in [0.15, 0.2) is 0 Å². The molecule has 0 bridgehead atoms. The summed E-state index contributed by atoms with van der Waals surface area (Å²) in [5, 5.41) is 3.19. The first-order valence-corrected chi connectivity index (χ1v) is 14.9. The van der Waals surface area contributed by atoms with Gasteiger partial charge in [-0.1, -0.05) is 13.3 Å². The van der Waals surface area contributed by atoms with E-state index in [9.17, 15) is 22.8 Å². The molecule has 0 spiro atoms. The molecule has 1 fully saturated rings. The summed E-state index contributed by atoms with van der Waals surface area (Å²) in [7, 11) is -3.65. The highest BCUT2D eigenvalue weighted by molar-refractivity contribution is 7.89. The van der Waals surface area contributed by atoms with Gasteiger partial charge in [0.05, 0.1) is 23.6 Å². The summed E-state index contributed by atoms with van der Waals surface area (Å²) >= 11 is 1.26. The number of ether oxygens (including phenoxy) is 1. The fourth-order valence-electron chi connectivity index (χ4n) is 4.97. The minimum absolute atomic E-state index is 0.00758. The second-order valence-electron chi connectivity index (χ2n) is 9.27. The molecule has 4 rings (SSSR count). The van der Waals surface area contributed by atoms with Crippen LogP contribution in [0, 0.1) is 0 Å². The highest BCUT2D eigenvalue weighted by Crippen LogP contribution is 2.38. The molecule has 1 atom stereocenters. The zero-order valence-electron chi connectivity index (χ0n) is 21.4. The molecular formula is C26H33N3O6S2. The van der Waals surface area contributed by atoms with Crippen LogP contribution >= 0.6 is 11.3 Å². The van der Waals surface area contributed by atoms with Gasteiger partial charge >= 0.3 is 5.97 Å². The van der Waals surface area contributed by atoms with E-state index < -0.39 is 21.9 Å². The van der Waals surface area contributed by atoms with E-state index in [4.69, 9.17) is 4.74 Å². The number of carbonyl (C=O) groups excluding carboxylic acids is 3. The fourth-order valence-corrected chi connectivity index (χ4v) is 7.98. The van der Waals surface area contributed by atoms with Gasteiger partial charge in [0.2, 0.25) is 15.9 Å². The smallest absolute Gasteiger partial charge is 0.341 e. The number of esters is 1. The number of rotatable bonds is 7. The van der Waals surface area contributed by atoms with Crippen molar-refractivity contribution >= 4 is 44.1 Å². The zero-order chi connectivity index (χ0) is 26.7. The summed E-state index contributed by atoms with van der Waals surface area (Å²) in [5.41, 5.74) is 1.40. The second-order valence-corrected chi connectivity index (χ2v) is 12.3. The molecule has 1 N–H and O–H groups in total. The van der Waals surface area contributed by atoms with Crippen molar-refractivity contribution in [2.75, 3.05) is 25.0 Å². The SMILES string of the molecule is CCOC(=O)c1c(NC(=O)c2ccc(S(=O)(=O)N3CCCCC3CC)cc2)sc2c1CCN(C(C)=O)C2. The number of hydrogen-bond donors (Lipinski definition) is 1. The molecule has 11 heteroatoms. The molecule has 0 aliphatic carbocycles. The Kier molecular flexibility index (Phi) is 8.35. The lowest BCUT2D eigenvalue weighted by Gasteiger charge is -2.34. The van der Waals surface area contributed by atoms with Crippen molar-refractivity contribution in [2.45, 2.75) is 70.4 Å². The van der Waals surface area contributed by atoms with Crippen LogP contribution < -0.4 is 5.32 Å². The van der Waals surface area contributed by atoms with Gasteiger partial charge in [-0.2, -0.15) is 4.31 Å². The summed E-state index contributed by atoms with van der Waals surface area (Å²) in [4.78, 5) is 40.4. The van der Waals surface area contributed by atoms with Crippen LogP contribution in [-0.2, 0) is 32.5 Å². The molecule has 2 aliphatic rings. The molecule has 0 saturated carbocycles. The maximum absolute atomic E-state index is 13.2. The zero-order valence-corrected chi connectivity index (χ0v) is 23.0. The number of amides is 2. The standard InChI is InChI=1S/C26H33N3O6S2/c1-4-19-8-6-7-14-29(19)37(33,34)20-11-9-18(10-12-20)24(31)27-25-23(26(32)35-5-2)21-13-15-28(17(3)30)16-22(21)36-25/h9-12,19H,4-8,13-16H2,1-3H3,(H,27,31). The highest BCUT2D eigenvalue weighted by Gasteiger charge is 2.33. The molecule has 2 aliphatic heterocycles. The van der Waals surface area contributed by atoms with E-state index in [0.717, 1.165) is 36.1 Å². The van der Waals surface area contributed by atoms with Gasteiger partial charge in [0, 0.05) is 36.5 Å². The molecule has 37 heavy (non-hydrogen) atoms. The first-order valence-electron chi connectivity index (χ1n) is 12.7. The molecule has 1 aromatic heterocycles. The lowest BCUT2D eigenvalue weighted by Crippen LogP contribution is -2.43. The Hall–Kier alpha value is -2.76. The average molecular weight is 548 g/mol. The number of carbonyl (C=O) groups is 3. The monoisotopic (exact) mass is 547 g/mol. The minimum Gasteiger partial charge on any atom is -0.462 e. The second kappa shape index (κ2) is 11.3. The number of fused-ring (bicyclic) bond motifs is 1. The van der Waals surface area contributed by atoms with E-state index in [1.165, 1.54) is 42.5 Å². The molecule has 200 valence electrons. The number of piperidine rings is 1. The highest BCUT2D eigenvalue weighted by atomic mass is 32.2. The Labute approximate surface area is 221 Å². The first kappa shape index (κ1) is 27.3. The molecular weight excluding hydrogens is 514 g/mol. The summed E-state index contributed by atoms with van der Waals surface area (Å²) in [6.07, 6.45) is 3.98. The van der Waals surface area contributed by atoms with Crippen molar-refractivity contribution in [1.29, 1.82) is 0 Å². The largest absolute Gasteiger partial charge is 0.462 e. The summed E-state index contributed by atoms with van der Waals surface area (Å²) in [6.45, 7) is 6.78. The van der Waals surface area contributed by atoms with Crippen LogP contribution in [-0.4, -0.2) is 61.1 Å². The van der Waals surface area contributed by atoms with Gasteiger partial charge in [-0.3, -0.25) is 9.59 Å². The number of benzene rings is 1. The lowest BCUT2D eigenvalue weighted by atomic mass is 10.0. The topological polar surface area (TPSA) is 113 Å². The molecule has 2 amide bonds. The third-order valence-electron chi connectivity index (χ3n) is 6.98. The van der Waals surface area contributed by atoms with Crippen LogP contribution in [0.4, 0.5) is 5.00 Å². The van der Waals surface area contributed by atoms with E-state index >= 15 is 0 Å². The number of hydrogen-bond acceptors (Lipinski definition) is 7. The van der Waals surface area contributed by atoms with Gasteiger partial charge in [0.1, 0.15) is 5.00 Å². The molecule has 1 aromatic carbocycles. The Morgan fingerprint density at radius 1 is 1.11 bits per heavy atom. The third-order valence-corrected chi connectivity index (χ3v) is 10.1. The predicted molar refractivity (Wildman–Crippen MR) is 141 cm³/mol. The molecule has 3 heterocycles. The fraction of sp³-hybridized carbons (Fsp3) is 0.500. The van der Waals surface area contributed by atoms with E-state index in [2.05, 4.69) is 5.32 Å². The van der Waals surface area contributed by atoms with Crippen molar-refractivity contribution in [3.8, 4) is 0 Å². The molecule has 2 aromatic rings. The molecule has 0 radical (unpaired) electrons. The van der Waals surface area contributed by atoms with E-state index in [1.54, 1.807) is 16.1 Å². The van der Waals surface area contributed by atoms with Gasteiger partial charge in [0.25, 0.3) is 5.91 Å². The van der Waals surface area contributed by atoms with Crippen molar-refractivity contribution < 1.29 is 27.5 Å². The molecule has 1 saturated heterocycles. The maximum atomic E-state index is 13.2. The number of thiophene rings is 1. The predicted octanol–water partition coefficient (Wildman–Crippen LogP) is 4.03. The minimum atomic E-state index is -3.65. The number of nitrogens with zero attached hydrogens (tertiary/aromatic N) is 2. The Morgan fingerprint density at radius 3 is 2.49 bits per heavy atom. The van der Waals surface area contributed by atoms with Crippen molar-refractivity contribution in [2.24, 2.45) is 0 Å². The normalized spacial score (nSPS) is 18.2. The van der Waals surface area contributed by atoms with Crippen LogP contribution in [0.15, 0.2) is 29.2 Å². The van der Waals surface area contributed by atoms with E-state index in [1.807, 2.05) is 6.92 Å². The first-order chi connectivity index (χ1) is 17.7. The van der Waals surface area contributed by atoms with Crippen LogP contribution in [0.25, 0.3) is 0 Å². The van der Waals surface area contributed by atoms with Gasteiger partial charge < -0.3 is 15.0 Å². The number of nitrogens with one attached hydrogen (secondary N) is 1. The van der Waals surface area contributed by atoms with E-state index in [0.29, 0.717) is 36.6 Å². The van der Waals surface area contributed by atoms with Crippen LogP contribution in [0.5, 0.6) is 0 Å². The van der Waals surface area contributed by atoms with Crippen LogP contribution in [0.3, 0.4) is 0 Å². The Morgan fingerprint density at radius 2 is 1.84 bits per heavy atom. The summed E-state index contributed by atoms with van der Waals surface area (Å²) in [6, 6.07) is 5.89. The summed E-state index contributed by atoms with van der Waals surface area (Å²) < 4.78 is 33.3. The van der Waals surface area contributed by atoms with Crippen molar-refractivity contribution in [3.05, 3.63) is 45.8 Å². The van der Waals surface area contributed by atoms with Crippen molar-refractivity contribution in [3.63, 3.8) is 0 Å². The third kappa shape index (κ3) is 5.58.